The molecule has 0 aromatic carbocycles. The van der Waals surface area contributed by atoms with Crippen LogP contribution >= 0.6 is 0 Å². The summed E-state index contributed by atoms with van der Waals surface area (Å²) in [5.41, 5.74) is 0.352. The van der Waals surface area contributed by atoms with Gasteiger partial charge in [-0.15, -0.1) is 0 Å². The van der Waals surface area contributed by atoms with E-state index < -0.39 is 0 Å². The Morgan fingerprint density at radius 1 is 1.24 bits per heavy atom. The topological polar surface area (TPSA) is 28.4 Å². The van der Waals surface area contributed by atoms with Crippen LogP contribution < -0.4 is 5.32 Å². The summed E-state index contributed by atoms with van der Waals surface area (Å²) in [5, 5.41) is 3.65. The van der Waals surface area contributed by atoms with E-state index in [0.717, 1.165) is 37.7 Å². The molecule has 0 saturated heterocycles. The average Bonchev–Trinajstić information content (AvgIpc) is 2.82. The van der Waals surface area contributed by atoms with E-state index in [-0.39, 0.29) is 0 Å². The Labute approximate surface area is 131 Å². The summed E-state index contributed by atoms with van der Waals surface area (Å²) in [7, 11) is 2.19. The lowest BCUT2D eigenvalue weighted by Crippen LogP contribution is -2.43. The molecule has 122 valence electrons. The van der Waals surface area contributed by atoms with Crippen LogP contribution in [0.25, 0.3) is 0 Å². The maximum Gasteiger partial charge on any atom is 0.118 e. The molecule has 1 heterocycles. The smallest absolute Gasteiger partial charge is 0.118 e. The summed E-state index contributed by atoms with van der Waals surface area (Å²) < 4.78 is 5.69. The highest BCUT2D eigenvalue weighted by Gasteiger charge is 2.27. The van der Waals surface area contributed by atoms with E-state index in [1.807, 2.05) is 13.0 Å². The normalized spacial score (nSPS) is 12.6. The first-order chi connectivity index (χ1) is 9.90. The number of furan rings is 1. The minimum absolute atomic E-state index is 0.352. The van der Waals surface area contributed by atoms with Crippen molar-refractivity contribution in [3.05, 3.63) is 23.7 Å². The highest BCUT2D eigenvalue weighted by molar-refractivity contribution is 5.05. The first-order valence-corrected chi connectivity index (χ1v) is 8.35. The Balaban J connectivity index is 2.54. The van der Waals surface area contributed by atoms with Crippen LogP contribution in [0.1, 0.15) is 52.1 Å². The number of nitrogens with zero attached hydrogens (tertiary/aromatic N) is 1. The van der Waals surface area contributed by atoms with Crippen molar-refractivity contribution in [3.63, 3.8) is 0 Å². The van der Waals surface area contributed by atoms with E-state index in [9.17, 15) is 0 Å². The first kappa shape index (κ1) is 18.2. The monoisotopic (exact) mass is 294 g/mol. The maximum absolute atomic E-state index is 5.69. The Morgan fingerprint density at radius 3 is 2.38 bits per heavy atom. The van der Waals surface area contributed by atoms with Crippen molar-refractivity contribution in [2.45, 2.75) is 54.0 Å². The van der Waals surface area contributed by atoms with Crippen molar-refractivity contribution in [3.8, 4) is 0 Å². The van der Waals surface area contributed by atoms with Crippen LogP contribution in [0.4, 0.5) is 0 Å². The first-order valence-electron chi connectivity index (χ1n) is 8.35. The number of nitrogens with one attached hydrogen (secondary N) is 1. The van der Waals surface area contributed by atoms with Crippen molar-refractivity contribution in [2.75, 3.05) is 26.7 Å². The maximum atomic E-state index is 5.69. The fraction of sp³-hybridized carbons (Fsp3) is 0.778. The van der Waals surface area contributed by atoms with Crippen molar-refractivity contribution < 1.29 is 4.42 Å². The summed E-state index contributed by atoms with van der Waals surface area (Å²) >= 11 is 0. The molecule has 1 N–H and O–H groups in total. The van der Waals surface area contributed by atoms with Crippen LogP contribution in [0.3, 0.4) is 0 Å². The predicted octanol–water partition coefficient (Wildman–Crippen LogP) is 4.07. The molecule has 21 heavy (non-hydrogen) atoms. The van der Waals surface area contributed by atoms with Gasteiger partial charge in [0.15, 0.2) is 0 Å². The van der Waals surface area contributed by atoms with Gasteiger partial charge in [0.2, 0.25) is 0 Å². The Kier molecular flexibility index (Phi) is 7.47. The van der Waals surface area contributed by atoms with Gasteiger partial charge in [-0.25, -0.2) is 0 Å². The van der Waals surface area contributed by atoms with Crippen molar-refractivity contribution in [2.24, 2.45) is 11.3 Å². The van der Waals surface area contributed by atoms with E-state index in [1.165, 1.54) is 12.8 Å². The minimum atomic E-state index is 0.352. The lowest BCUT2D eigenvalue weighted by molar-refractivity contribution is 0.143. The van der Waals surface area contributed by atoms with Gasteiger partial charge in [-0.3, -0.25) is 4.90 Å². The molecular weight excluding hydrogens is 260 g/mol. The van der Waals surface area contributed by atoms with Crippen LogP contribution in [-0.2, 0) is 6.54 Å². The molecule has 0 unspecified atom stereocenters. The van der Waals surface area contributed by atoms with Gasteiger partial charge in [-0.2, -0.15) is 0 Å². The summed E-state index contributed by atoms with van der Waals surface area (Å²) in [5.74, 6) is 2.76. The molecule has 1 aromatic rings. The molecule has 0 atom stereocenters. The molecule has 0 amide bonds. The van der Waals surface area contributed by atoms with Gasteiger partial charge in [-0.1, -0.05) is 27.7 Å². The van der Waals surface area contributed by atoms with E-state index >= 15 is 0 Å². The zero-order valence-electron chi connectivity index (χ0n) is 14.8. The Hall–Kier alpha value is -0.800. The van der Waals surface area contributed by atoms with E-state index in [4.69, 9.17) is 4.42 Å². The quantitative estimate of drug-likeness (QED) is 0.705. The molecule has 0 fully saturated rings. The van der Waals surface area contributed by atoms with Crippen LogP contribution in [0.2, 0.25) is 0 Å². The average molecular weight is 294 g/mol. The van der Waals surface area contributed by atoms with Gasteiger partial charge in [0.05, 0.1) is 6.54 Å². The van der Waals surface area contributed by atoms with E-state index in [0.29, 0.717) is 11.3 Å². The lowest BCUT2D eigenvalue weighted by atomic mass is 9.81. The number of hydrogen-bond acceptors (Lipinski definition) is 3. The van der Waals surface area contributed by atoms with Gasteiger partial charge >= 0.3 is 0 Å². The third-order valence-corrected chi connectivity index (χ3v) is 4.38. The molecule has 0 aliphatic carbocycles. The predicted molar refractivity (Wildman–Crippen MR) is 90.5 cm³/mol. The third-order valence-electron chi connectivity index (χ3n) is 4.38. The second-order valence-electron chi connectivity index (χ2n) is 6.92. The number of rotatable bonds is 10. The summed E-state index contributed by atoms with van der Waals surface area (Å²) in [6.45, 7) is 15.3. The third kappa shape index (κ3) is 6.23. The molecule has 1 rings (SSSR count). The van der Waals surface area contributed by atoms with Crippen molar-refractivity contribution in [1.82, 2.24) is 10.2 Å². The molecular formula is C18H34N2O. The molecule has 3 heteroatoms. The second kappa shape index (κ2) is 8.60. The van der Waals surface area contributed by atoms with Crippen LogP contribution in [0.15, 0.2) is 16.5 Å². The number of aryl methyl sites for hydroxylation is 1. The molecule has 0 aliphatic rings. The largest absolute Gasteiger partial charge is 0.465 e. The molecule has 0 aliphatic heterocycles. The van der Waals surface area contributed by atoms with Crippen LogP contribution in [-0.4, -0.2) is 31.6 Å². The van der Waals surface area contributed by atoms with E-state index in [1.54, 1.807) is 0 Å². The Bertz CT molecular complexity index is 394. The van der Waals surface area contributed by atoms with Crippen molar-refractivity contribution in [1.29, 1.82) is 0 Å². The van der Waals surface area contributed by atoms with Gasteiger partial charge < -0.3 is 9.73 Å². The van der Waals surface area contributed by atoms with E-state index in [2.05, 4.69) is 51.0 Å². The second-order valence-corrected chi connectivity index (χ2v) is 6.92. The van der Waals surface area contributed by atoms with Crippen molar-refractivity contribution >= 4 is 0 Å². The SMILES string of the molecule is CCC(CC)(CNCC(C)C)CN(C)Cc1ccc(C)o1. The van der Waals surface area contributed by atoms with Crippen LogP contribution in [0, 0.1) is 18.3 Å². The fourth-order valence-corrected chi connectivity index (χ4v) is 2.87. The lowest BCUT2D eigenvalue weighted by Gasteiger charge is -2.36. The summed E-state index contributed by atoms with van der Waals surface area (Å²) in [6, 6.07) is 4.13. The van der Waals surface area contributed by atoms with Gasteiger partial charge in [0.25, 0.3) is 0 Å². The molecule has 1 aromatic heterocycles. The highest BCUT2D eigenvalue weighted by atomic mass is 16.3. The van der Waals surface area contributed by atoms with Gasteiger partial charge in [0, 0.05) is 13.1 Å². The summed E-state index contributed by atoms with van der Waals surface area (Å²) in [6.07, 6.45) is 2.41. The zero-order chi connectivity index (χ0) is 15.9. The molecule has 3 nitrogen and oxygen atoms in total. The molecule has 0 radical (unpaired) electrons. The minimum Gasteiger partial charge on any atom is -0.465 e. The van der Waals surface area contributed by atoms with Crippen LogP contribution in [0.5, 0.6) is 0 Å². The van der Waals surface area contributed by atoms with Gasteiger partial charge in [0.1, 0.15) is 11.5 Å². The zero-order valence-corrected chi connectivity index (χ0v) is 14.8. The number of hydrogen-bond donors (Lipinski definition) is 1. The molecule has 0 spiro atoms. The Morgan fingerprint density at radius 2 is 1.90 bits per heavy atom. The van der Waals surface area contributed by atoms with Gasteiger partial charge in [-0.05, 0) is 56.8 Å². The standard InChI is InChI=1S/C18H34N2O/c1-7-18(8-2,13-19-11-15(3)4)14-20(6)12-17-10-9-16(5)21-17/h9-10,15,19H,7-8,11-14H2,1-6H3. The highest BCUT2D eigenvalue weighted by Crippen LogP contribution is 2.27. The fourth-order valence-electron chi connectivity index (χ4n) is 2.87. The summed E-state index contributed by atoms with van der Waals surface area (Å²) in [4.78, 5) is 2.39. The molecule has 0 saturated carbocycles. The molecule has 0 bridgehead atoms.